The summed E-state index contributed by atoms with van der Waals surface area (Å²) in [5.74, 6) is 0.308. The topological polar surface area (TPSA) is 64.1 Å². The first-order valence-corrected chi connectivity index (χ1v) is 5.07. The van der Waals surface area contributed by atoms with Crippen molar-refractivity contribution in [1.82, 2.24) is 5.32 Å². The molecule has 1 aliphatic heterocycles. The number of hydrogen-bond donors (Lipinski definition) is 3. The van der Waals surface area contributed by atoms with Crippen LogP contribution in [0.25, 0.3) is 0 Å². The van der Waals surface area contributed by atoms with Gasteiger partial charge in [-0.3, -0.25) is 0 Å². The second-order valence-corrected chi connectivity index (χ2v) is 4.12. The maximum absolute atomic E-state index is 6.11. The molecule has 1 heterocycles. The van der Waals surface area contributed by atoms with E-state index in [0.29, 0.717) is 16.6 Å². The summed E-state index contributed by atoms with van der Waals surface area (Å²) < 4.78 is 0. The van der Waals surface area contributed by atoms with Gasteiger partial charge in [-0.2, -0.15) is 0 Å². The average Bonchev–Trinajstić information content (AvgIpc) is 2.52. The van der Waals surface area contributed by atoms with Gasteiger partial charge in [0.05, 0.1) is 0 Å². The van der Waals surface area contributed by atoms with Gasteiger partial charge in [-0.05, 0) is 17.7 Å². The first-order valence-electron chi connectivity index (χ1n) is 4.69. The molecule has 1 aromatic carbocycles. The maximum Gasteiger partial charge on any atom is 0.0462 e. The van der Waals surface area contributed by atoms with Gasteiger partial charge in [0.15, 0.2) is 0 Å². The Balaban J connectivity index is 2.31. The molecule has 0 bridgehead atoms. The third-order valence-electron chi connectivity index (χ3n) is 2.69. The summed E-state index contributed by atoms with van der Waals surface area (Å²) in [6.45, 7) is 1.75. The maximum atomic E-state index is 6.11. The average molecular weight is 212 g/mol. The van der Waals surface area contributed by atoms with Crippen LogP contribution < -0.4 is 16.8 Å². The molecule has 14 heavy (non-hydrogen) atoms. The number of hydrogen-bond acceptors (Lipinski definition) is 3. The van der Waals surface area contributed by atoms with Crippen LogP contribution in [0.3, 0.4) is 0 Å². The second-order valence-electron chi connectivity index (χ2n) is 3.71. The molecule has 4 heteroatoms. The Bertz CT molecular complexity index is 340. The van der Waals surface area contributed by atoms with E-state index in [1.807, 2.05) is 12.1 Å². The van der Waals surface area contributed by atoms with E-state index in [9.17, 15) is 0 Å². The highest BCUT2D eigenvalue weighted by Gasteiger charge is 2.26. The lowest BCUT2D eigenvalue weighted by atomic mass is 9.95. The molecule has 5 N–H and O–H groups in total. The molecule has 0 saturated carbocycles. The summed E-state index contributed by atoms with van der Waals surface area (Å²) in [5, 5.41) is 3.96. The predicted octanol–water partition coefficient (Wildman–Crippen LogP) is 0.936. The number of nitrogens with one attached hydrogen (secondary N) is 1. The molecule has 0 aromatic heterocycles. The SMILES string of the molecule is Nc1ccc(C2CNCC2N)c(Cl)c1. The van der Waals surface area contributed by atoms with Gasteiger partial charge in [-0.25, -0.2) is 0 Å². The van der Waals surface area contributed by atoms with E-state index in [1.54, 1.807) is 6.07 Å². The van der Waals surface area contributed by atoms with Crippen LogP contribution in [0.1, 0.15) is 11.5 Å². The summed E-state index contributed by atoms with van der Waals surface area (Å²) in [5.41, 5.74) is 13.4. The van der Waals surface area contributed by atoms with Gasteiger partial charge < -0.3 is 16.8 Å². The number of halogens is 1. The van der Waals surface area contributed by atoms with Crippen LogP contribution in [0.2, 0.25) is 5.02 Å². The van der Waals surface area contributed by atoms with Crippen LogP contribution in [0, 0.1) is 0 Å². The molecule has 0 aliphatic carbocycles. The fourth-order valence-corrected chi connectivity index (χ4v) is 2.21. The molecule has 1 fully saturated rings. The minimum Gasteiger partial charge on any atom is -0.399 e. The van der Waals surface area contributed by atoms with Crippen molar-refractivity contribution in [2.45, 2.75) is 12.0 Å². The zero-order valence-corrected chi connectivity index (χ0v) is 8.59. The molecular weight excluding hydrogens is 198 g/mol. The number of rotatable bonds is 1. The molecule has 0 radical (unpaired) electrons. The molecule has 0 spiro atoms. The van der Waals surface area contributed by atoms with Gasteiger partial charge in [0.2, 0.25) is 0 Å². The third kappa shape index (κ3) is 1.71. The molecule has 1 saturated heterocycles. The van der Waals surface area contributed by atoms with Crippen molar-refractivity contribution in [3.8, 4) is 0 Å². The fourth-order valence-electron chi connectivity index (χ4n) is 1.88. The quantitative estimate of drug-likeness (QED) is 0.606. The lowest BCUT2D eigenvalue weighted by Gasteiger charge is -2.16. The summed E-state index contributed by atoms with van der Waals surface area (Å²) in [6.07, 6.45) is 0. The lowest BCUT2D eigenvalue weighted by Crippen LogP contribution is -2.27. The Hall–Kier alpha value is -0.770. The predicted molar refractivity (Wildman–Crippen MR) is 59.5 cm³/mol. The Morgan fingerprint density at radius 2 is 2.14 bits per heavy atom. The molecule has 3 nitrogen and oxygen atoms in total. The van der Waals surface area contributed by atoms with Crippen LogP contribution in [-0.4, -0.2) is 19.1 Å². The number of anilines is 1. The molecule has 2 atom stereocenters. The monoisotopic (exact) mass is 211 g/mol. The number of nitrogen functional groups attached to an aromatic ring is 1. The Morgan fingerprint density at radius 1 is 1.36 bits per heavy atom. The zero-order chi connectivity index (χ0) is 10.1. The highest BCUT2D eigenvalue weighted by molar-refractivity contribution is 6.31. The van der Waals surface area contributed by atoms with Crippen molar-refractivity contribution in [3.63, 3.8) is 0 Å². The van der Waals surface area contributed by atoms with Crippen LogP contribution in [0.5, 0.6) is 0 Å². The van der Waals surface area contributed by atoms with E-state index in [-0.39, 0.29) is 6.04 Å². The first-order chi connectivity index (χ1) is 6.68. The standard InChI is InChI=1S/C10H14ClN3/c11-9-3-6(12)1-2-7(9)8-4-14-5-10(8)13/h1-3,8,10,14H,4-5,12-13H2. The number of nitrogens with two attached hydrogens (primary N) is 2. The van der Waals surface area contributed by atoms with Crippen molar-refractivity contribution >= 4 is 17.3 Å². The lowest BCUT2D eigenvalue weighted by molar-refractivity contribution is 0.654. The van der Waals surface area contributed by atoms with Crippen molar-refractivity contribution in [1.29, 1.82) is 0 Å². The van der Waals surface area contributed by atoms with Crippen molar-refractivity contribution in [2.75, 3.05) is 18.8 Å². The molecule has 1 aromatic rings. The minimum absolute atomic E-state index is 0.149. The molecule has 0 amide bonds. The largest absolute Gasteiger partial charge is 0.399 e. The van der Waals surface area contributed by atoms with E-state index in [1.165, 1.54) is 0 Å². The van der Waals surface area contributed by atoms with E-state index in [4.69, 9.17) is 23.1 Å². The summed E-state index contributed by atoms with van der Waals surface area (Å²) in [4.78, 5) is 0. The van der Waals surface area contributed by atoms with Gasteiger partial charge in [-0.15, -0.1) is 0 Å². The molecule has 1 aliphatic rings. The van der Waals surface area contributed by atoms with Gasteiger partial charge in [-0.1, -0.05) is 17.7 Å². The van der Waals surface area contributed by atoms with E-state index in [0.717, 1.165) is 18.7 Å². The van der Waals surface area contributed by atoms with Crippen molar-refractivity contribution in [2.24, 2.45) is 5.73 Å². The van der Waals surface area contributed by atoms with Crippen LogP contribution in [-0.2, 0) is 0 Å². The second kappa shape index (κ2) is 3.77. The zero-order valence-electron chi connectivity index (χ0n) is 7.83. The molecule has 2 unspecified atom stereocenters. The van der Waals surface area contributed by atoms with Crippen molar-refractivity contribution < 1.29 is 0 Å². The van der Waals surface area contributed by atoms with Gasteiger partial charge >= 0.3 is 0 Å². The highest BCUT2D eigenvalue weighted by Crippen LogP contribution is 2.29. The van der Waals surface area contributed by atoms with Gasteiger partial charge in [0.1, 0.15) is 0 Å². The van der Waals surface area contributed by atoms with Gasteiger partial charge in [0.25, 0.3) is 0 Å². The van der Waals surface area contributed by atoms with E-state index < -0.39 is 0 Å². The molecule has 76 valence electrons. The fraction of sp³-hybridized carbons (Fsp3) is 0.400. The van der Waals surface area contributed by atoms with Crippen LogP contribution in [0.4, 0.5) is 5.69 Å². The normalized spacial score (nSPS) is 26.7. The third-order valence-corrected chi connectivity index (χ3v) is 3.01. The summed E-state index contributed by atoms with van der Waals surface area (Å²) in [7, 11) is 0. The Morgan fingerprint density at radius 3 is 2.71 bits per heavy atom. The number of benzene rings is 1. The highest BCUT2D eigenvalue weighted by atomic mass is 35.5. The Kier molecular flexibility index (Phi) is 2.63. The summed E-state index contributed by atoms with van der Waals surface area (Å²) >= 11 is 6.11. The van der Waals surface area contributed by atoms with Crippen LogP contribution >= 0.6 is 11.6 Å². The minimum atomic E-state index is 0.149. The molecular formula is C10H14ClN3. The molecule has 2 rings (SSSR count). The Labute approximate surface area is 88.4 Å². The van der Waals surface area contributed by atoms with Crippen molar-refractivity contribution in [3.05, 3.63) is 28.8 Å². The van der Waals surface area contributed by atoms with Gasteiger partial charge in [0, 0.05) is 35.8 Å². The summed E-state index contributed by atoms with van der Waals surface area (Å²) in [6, 6.07) is 5.76. The first kappa shape index (κ1) is 9.77. The van der Waals surface area contributed by atoms with E-state index in [2.05, 4.69) is 5.32 Å². The smallest absolute Gasteiger partial charge is 0.0462 e. The van der Waals surface area contributed by atoms with Crippen LogP contribution in [0.15, 0.2) is 18.2 Å². The van der Waals surface area contributed by atoms with E-state index >= 15 is 0 Å².